The van der Waals surface area contributed by atoms with Crippen molar-refractivity contribution < 1.29 is 14.9 Å². The van der Waals surface area contributed by atoms with Crippen molar-refractivity contribution in [2.24, 2.45) is 5.92 Å². The standard InChI is InChI=1S/C12H19N3O3/c1-2-18-11(17)10-5-13-12(14-6-10)15-4-3-9(7-15)8-16/h5-6,9,11,16-17H,2-4,7-8H2,1H3/t9-,11?/m1/s1. The molecule has 2 N–H and O–H groups in total. The normalized spacial score (nSPS) is 21.3. The number of anilines is 1. The Morgan fingerprint density at radius 1 is 1.50 bits per heavy atom. The van der Waals surface area contributed by atoms with Crippen LogP contribution in [0.25, 0.3) is 0 Å². The van der Waals surface area contributed by atoms with Crippen LogP contribution in [0.15, 0.2) is 12.4 Å². The zero-order chi connectivity index (χ0) is 13.0. The third kappa shape index (κ3) is 2.95. The van der Waals surface area contributed by atoms with Crippen LogP contribution < -0.4 is 4.90 Å². The predicted molar refractivity (Wildman–Crippen MR) is 66.0 cm³/mol. The Bertz CT molecular complexity index is 371. The molecule has 0 aromatic carbocycles. The van der Waals surface area contributed by atoms with Gasteiger partial charge >= 0.3 is 0 Å². The maximum atomic E-state index is 9.61. The number of rotatable bonds is 5. The number of aromatic nitrogens is 2. The number of aliphatic hydroxyl groups is 2. The van der Waals surface area contributed by atoms with Crippen molar-refractivity contribution in [3.8, 4) is 0 Å². The molecule has 0 amide bonds. The van der Waals surface area contributed by atoms with Crippen LogP contribution in [-0.4, -0.2) is 46.5 Å². The highest BCUT2D eigenvalue weighted by molar-refractivity contribution is 5.31. The maximum absolute atomic E-state index is 9.61. The van der Waals surface area contributed by atoms with Crippen molar-refractivity contribution in [2.45, 2.75) is 19.6 Å². The lowest BCUT2D eigenvalue weighted by atomic mass is 10.1. The third-order valence-electron chi connectivity index (χ3n) is 3.09. The lowest BCUT2D eigenvalue weighted by Gasteiger charge is -2.16. The van der Waals surface area contributed by atoms with Crippen LogP contribution in [0.1, 0.15) is 25.2 Å². The molecule has 6 nitrogen and oxygen atoms in total. The first-order valence-corrected chi connectivity index (χ1v) is 6.22. The van der Waals surface area contributed by atoms with Gasteiger partial charge in [0.15, 0.2) is 6.29 Å². The van der Waals surface area contributed by atoms with Crippen molar-refractivity contribution in [2.75, 3.05) is 31.2 Å². The quantitative estimate of drug-likeness (QED) is 0.736. The highest BCUT2D eigenvalue weighted by atomic mass is 16.6. The highest BCUT2D eigenvalue weighted by Crippen LogP contribution is 2.21. The van der Waals surface area contributed by atoms with Crippen LogP contribution in [0.3, 0.4) is 0 Å². The summed E-state index contributed by atoms with van der Waals surface area (Å²) in [4.78, 5) is 10.5. The summed E-state index contributed by atoms with van der Waals surface area (Å²) in [7, 11) is 0. The van der Waals surface area contributed by atoms with Gasteiger partial charge in [-0.1, -0.05) is 0 Å². The first kappa shape index (κ1) is 13.2. The second kappa shape index (κ2) is 6.08. The minimum atomic E-state index is -0.965. The Morgan fingerprint density at radius 3 is 2.78 bits per heavy atom. The van der Waals surface area contributed by atoms with Gasteiger partial charge in [0.2, 0.25) is 5.95 Å². The third-order valence-corrected chi connectivity index (χ3v) is 3.09. The molecule has 2 rings (SSSR count). The van der Waals surface area contributed by atoms with Gasteiger partial charge < -0.3 is 19.8 Å². The van der Waals surface area contributed by atoms with Gasteiger partial charge in [0.1, 0.15) is 0 Å². The fourth-order valence-electron chi connectivity index (χ4n) is 2.04. The first-order valence-electron chi connectivity index (χ1n) is 6.22. The topological polar surface area (TPSA) is 78.7 Å². The minimum Gasteiger partial charge on any atom is -0.396 e. The first-order chi connectivity index (χ1) is 8.74. The van der Waals surface area contributed by atoms with Crippen LogP contribution in [-0.2, 0) is 4.74 Å². The molecule has 0 radical (unpaired) electrons. The SMILES string of the molecule is CCOC(O)c1cnc(N2CC[C@@H](CO)C2)nc1. The molecule has 100 valence electrons. The molecule has 2 heterocycles. The molecule has 0 aliphatic carbocycles. The Hall–Kier alpha value is -1.24. The second-order valence-corrected chi connectivity index (χ2v) is 4.41. The van der Waals surface area contributed by atoms with Crippen molar-refractivity contribution in [3.63, 3.8) is 0 Å². The predicted octanol–water partition coefficient (Wildman–Crippen LogP) is 0.323. The summed E-state index contributed by atoms with van der Waals surface area (Å²) < 4.78 is 5.06. The smallest absolute Gasteiger partial charge is 0.225 e. The molecule has 0 spiro atoms. The molecule has 1 aliphatic heterocycles. The van der Waals surface area contributed by atoms with Gasteiger partial charge in [0, 0.05) is 50.2 Å². The fourth-order valence-corrected chi connectivity index (χ4v) is 2.04. The van der Waals surface area contributed by atoms with Gasteiger partial charge in [-0.3, -0.25) is 0 Å². The van der Waals surface area contributed by atoms with Crippen LogP contribution >= 0.6 is 0 Å². The number of aliphatic hydroxyl groups excluding tert-OH is 2. The number of nitrogens with zero attached hydrogens (tertiary/aromatic N) is 3. The van der Waals surface area contributed by atoms with Crippen molar-refractivity contribution in [1.29, 1.82) is 0 Å². The summed E-state index contributed by atoms with van der Waals surface area (Å²) in [6.45, 7) is 4.10. The Labute approximate surface area is 106 Å². The van der Waals surface area contributed by atoms with Crippen molar-refractivity contribution in [1.82, 2.24) is 9.97 Å². The lowest BCUT2D eigenvalue weighted by Crippen LogP contribution is -2.23. The molecule has 0 bridgehead atoms. The van der Waals surface area contributed by atoms with Crippen LogP contribution in [0.2, 0.25) is 0 Å². The van der Waals surface area contributed by atoms with E-state index in [9.17, 15) is 5.11 Å². The molecule has 1 fully saturated rings. The number of ether oxygens (including phenoxy) is 1. The zero-order valence-electron chi connectivity index (χ0n) is 10.5. The Kier molecular flexibility index (Phi) is 4.46. The van der Waals surface area contributed by atoms with E-state index in [0.717, 1.165) is 19.5 Å². The molecular formula is C12H19N3O3. The molecule has 6 heteroatoms. The highest BCUT2D eigenvalue weighted by Gasteiger charge is 2.23. The van der Waals surface area contributed by atoms with Crippen LogP contribution in [0, 0.1) is 5.92 Å². The van der Waals surface area contributed by atoms with Gasteiger partial charge in [0.05, 0.1) is 0 Å². The second-order valence-electron chi connectivity index (χ2n) is 4.41. The van der Waals surface area contributed by atoms with Crippen LogP contribution in [0.4, 0.5) is 5.95 Å². The number of hydrogen-bond acceptors (Lipinski definition) is 6. The summed E-state index contributed by atoms with van der Waals surface area (Å²) in [6, 6.07) is 0. The van der Waals surface area contributed by atoms with E-state index >= 15 is 0 Å². The van der Waals surface area contributed by atoms with E-state index in [0.29, 0.717) is 24.0 Å². The average molecular weight is 253 g/mol. The van der Waals surface area contributed by atoms with Crippen molar-refractivity contribution >= 4 is 5.95 Å². The largest absolute Gasteiger partial charge is 0.396 e. The average Bonchev–Trinajstić information content (AvgIpc) is 2.88. The summed E-state index contributed by atoms with van der Waals surface area (Å²) >= 11 is 0. The lowest BCUT2D eigenvalue weighted by molar-refractivity contribution is -0.0983. The summed E-state index contributed by atoms with van der Waals surface area (Å²) in [6.07, 6.45) is 3.15. The molecule has 18 heavy (non-hydrogen) atoms. The molecule has 1 aromatic rings. The molecule has 1 saturated heterocycles. The van der Waals surface area contributed by atoms with E-state index < -0.39 is 6.29 Å². The van der Waals surface area contributed by atoms with Crippen LogP contribution in [0.5, 0.6) is 0 Å². The van der Waals surface area contributed by atoms with Gasteiger partial charge in [0.25, 0.3) is 0 Å². The van der Waals surface area contributed by atoms with E-state index in [1.54, 1.807) is 12.4 Å². The molecule has 1 unspecified atom stereocenters. The minimum absolute atomic E-state index is 0.206. The molecular weight excluding hydrogens is 234 g/mol. The zero-order valence-corrected chi connectivity index (χ0v) is 10.5. The van der Waals surface area contributed by atoms with E-state index in [-0.39, 0.29) is 6.61 Å². The van der Waals surface area contributed by atoms with Crippen molar-refractivity contribution in [3.05, 3.63) is 18.0 Å². The van der Waals surface area contributed by atoms with Gasteiger partial charge in [-0.25, -0.2) is 9.97 Å². The van der Waals surface area contributed by atoms with Gasteiger partial charge in [-0.15, -0.1) is 0 Å². The fraction of sp³-hybridized carbons (Fsp3) is 0.667. The van der Waals surface area contributed by atoms with E-state index in [1.165, 1.54) is 0 Å². The molecule has 2 atom stereocenters. The van der Waals surface area contributed by atoms with E-state index in [1.807, 2.05) is 11.8 Å². The maximum Gasteiger partial charge on any atom is 0.225 e. The molecule has 0 saturated carbocycles. The molecule has 1 aromatic heterocycles. The number of hydrogen-bond donors (Lipinski definition) is 2. The van der Waals surface area contributed by atoms with Gasteiger partial charge in [-0.2, -0.15) is 0 Å². The summed E-state index contributed by atoms with van der Waals surface area (Å²) in [5.41, 5.74) is 0.554. The Morgan fingerprint density at radius 2 is 2.22 bits per heavy atom. The summed E-state index contributed by atoms with van der Waals surface area (Å²) in [5, 5.41) is 18.7. The van der Waals surface area contributed by atoms with Gasteiger partial charge in [-0.05, 0) is 13.3 Å². The van der Waals surface area contributed by atoms with E-state index in [4.69, 9.17) is 9.84 Å². The van der Waals surface area contributed by atoms with E-state index in [2.05, 4.69) is 9.97 Å². The Balaban J connectivity index is 1.99. The molecule has 1 aliphatic rings. The monoisotopic (exact) mass is 253 g/mol. The summed E-state index contributed by atoms with van der Waals surface area (Å²) in [5.74, 6) is 0.945.